The van der Waals surface area contributed by atoms with Crippen molar-refractivity contribution in [2.75, 3.05) is 12.3 Å². The largest absolute Gasteiger partial charge is 0.354 e. The number of amides is 2. The maximum atomic E-state index is 13.5. The molecule has 184 valence electrons. The lowest BCUT2D eigenvalue weighted by molar-refractivity contribution is -0.139. The Morgan fingerprint density at radius 1 is 0.971 bits per heavy atom. The van der Waals surface area contributed by atoms with Gasteiger partial charge in [-0.05, 0) is 47.4 Å². The lowest BCUT2D eigenvalue weighted by Crippen LogP contribution is -2.51. The molecule has 0 unspecified atom stereocenters. The fourth-order valence-corrected chi connectivity index (χ4v) is 4.74. The van der Waals surface area contributed by atoms with Crippen molar-refractivity contribution in [1.29, 1.82) is 0 Å². The molecule has 0 saturated carbocycles. The van der Waals surface area contributed by atoms with E-state index in [1.807, 2.05) is 61.5 Å². The van der Waals surface area contributed by atoms with Crippen molar-refractivity contribution in [3.05, 3.63) is 106 Å². The van der Waals surface area contributed by atoms with Crippen LogP contribution >= 0.6 is 23.4 Å². The van der Waals surface area contributed by atoms with Crippen LogP contribution in [0.5, 0.6) is 0 Å². The molecule has 7 heteroatoms. The first-order valence-electron chi connectivity index (χ1n) is 11.6. The summed E-state index contributed by atoms with van der Waals surface area (Å²) in [4.78, 5) is 28.4. The van der Waals surface area contributed by atoms with Crippen molar-refractivity contribution >= 4 is 35.2 Å². The number of carbonyl (C=O) groups excluding carboxylic acids is 2. The number of carbonyl (C=O) groups is 2. The van der Waals surface area contributed by atoms with Crippen LogP contribution in [0.1, 0.15) is 30.0 Å². The second kappa shape index (κ2) is 13.9. The number of thioether (sulfide) groups is 1. The van der Waals surface area contributed by atoms with Gasteiger partial charge in [-0.3, -0.25) is 9.59 Å². The van der Waals surface area contributed by atoms with Crippen molar-refractivity contribution in [1.82, 2.24) is 10.2 Å². The first kappa shape index (κ1) is 26.8. The van der Waals surface area contributed by atoms with E-state index in [0.717, 1.165) is 23.1 Å². The number of rotatable bonds is 12. The summed E-state index contributed by atoms with van der Waals surface area (Å²) in [6.07, 6.45) is 1.19. The second-order valence-electron chi connectivity index (χ2n) is 8.27. The van der Waals surface area contributed by atoms with Gasteiger partial charge in [-0.25, -0.2) is 4.39 Å². The van der Waals surface area contributed by atoms with Crippen molar-refractivity contribution in [3.8, 4) is 0 Å². The van der Waals surface area contributed by atoms with E-state index in [0.29, 0.717) is 23.7 Å². The molecule has 0 aliphatic heterocycles. The lowest BCUT2D eigenvalue weighted by atomic mass is 10.0. The molecule has 0 heterocycles. The summed E-state index contributed by atoms with van der Waals surface area (Å²) in [5.74, 6) is 0.160. The molecule has 0 bridgehead atoms. The van der Waals surface area contributed by atoms with Gasteiger partial charge in [0.05, 0.1) is 5.75 Å². The number of benzene rings is 3. The fourth-order valence-electron chi connectivity index (χ4n) is 3.67. The molecule has 4 nitrogen and oxygen atoms in total. The number of halogens is 2. The first-order chi connectivity index (χ1) is 17.0. The van der Waals surface area contributed by atoms with Gasteiger partial charge in [0, 0.05) is 30.3 Å². The standard InChI is InChI=1S/C28H30ClFN2O2S/c1-2-15-31-28(34)26(17-21-7-4-3-5-8-21)32(18-22-11-13-25(30)14-12-22)27(33)20-35-19-23-9-6-10-24(29)16-23/h3-14,16,26H,2,15,17-20H2,1H3,(H,31,34)/t26-/m1/s1. The molecule has 0 radical (unpaired) electrons. The minimum Gasteiger partial charge on any atom is -0.354 e. The van der Waals surface area contributed by atoms with Crippen molar-refractivity contribution < 1.29 is 14.0 Å². The van der Waals surface area contributed by atoms with Gasteiger partial charge in [-0.15, -0.1) is 11.8 Å². The normalized spacial score (nSPS) is 11.6. The molecule has 2 amide bonds. The maximum Gasteiger partial charge on any atom is 0.243 e. The molecule has 0 fully saturated rings. The molecule has 0 aliphatic rings. The van der Waals surface area contributed by atoms with E-state index in [9.17, 15) is 14.0 Å². The monoisotopic (exact) mass is 512 g/mol. The molecule has 3 aromatic carbocycles. The summed E-state index contributed by atoms with van der Waals surface area (Å²) < 4.78 is 13.5. The average Bonchev–Trinajstić information content (AvgIpc) is 2.86. The van der Waals surface area contributed by atoms with Crippen LogP contribution in [0, 0.1) is 5.82 Å². The van der Waals surface area contributed by atoms with Gasteiger partial charge in [0.15, 0.2) is 0 Å². The quantitative estimate of drug-likeness (QED) is 0.330. The minimum atomic E-state index is -0.687. The Morgan fingerprint density at radius 2 is 1.69 bits per heavy atom. The summed E-state index contributed by atoms with van der Waals surface area (Å²) in [6, 6.07) is 22.6. The molecular weight excluding hydrogens is 483 g/mol. The smallest absolute Gasteiger partial charge is 0.243 e. The van der Waals surface area contributed by atoms with Crippen LogP contribution in [0.2, 0.25) is 5.02 Å². The van der Waals surface area contributed by atoms with E-state index in [4.69, 9.17) is 11.6 Å². The summed E-state index contributed by atoms with van der Waals surface area (Å²) >= 11 is 7.55. The Balaban J connectivity index is 1.82. The fraction of sp³-hybridized carbons (Fsp3) is 0.286. The highest BCUT2D eigenvalue weighted by atomic mass is 35.5. The number of hydrogen-bond acceptors (Lipinski definition) is 3. The van der Waals surface area contributed by atoms with Crippen LogP contribution in [0.25, 0.3) is 0 Å². The highest BCUT2D eigenvalue weighted by Gasteiger charge is 2.30. The minimum absolute atomic E-state index is 0.145. The molecule has 0 aromatic heterocycles. The molecule has 3 aromatic rings. The van der Waals surface area contributed by atoms with Crippen LogP contribution in [-0.2, 0) is 28.3 Å². The van der Waals surface area contributed by atoms with Gasteiger partial charge in [-0.2, -0.15) is 0 Å². The van der Waals surface area contributed by atoms with Gasteiger partial charge in [-0.1, -0.05) is 73.1 Å². The highest BCUT2D eigenvalue weighted by molar-refractivity contribution is 7.99. The van der Waals surface area contributed by atoms with Gasteiger partial charge in [0.1, 0.15) is 11.9 Å². The number of nitrogens with zero attached hydrogens (tertiary/aromatic N) is 1. The zero-order valence-corrected chi connectivity index (χ0v) is 21.3. The van der Waals surface area contributed by atoms with E-state index in [2.05, 4.69) is 5.32 Å². The molecule has 35 heavy (non-hydrogen) atoms. The maximum absolute atomic E-state index is 13.5. The van der Waals surface area contributed by atoms with Crippen molar-refractivity contribution in [3.63, 3.8) is 0 Å². The van der Waals surface area contributed by atoms with Crippen LogP contribution in [0.4, 0.5) is 4.39 Å². The Bertz CT molecular complexity index is 1100. The molecule has 3 rings (SSSR count). The van der Waals surface area contributed by atoms with E-state index < -0.39 is 6.04 Å². The molecule has 0 aliphatic carbocycles. The van der Waals surface area contributed by atoms with E-state index >= 15 is 0 Å². The molecular formula is C28H30ClFN2O2S. The molecule has 0 saturated heterocycles. The lowest BCUT2D eigenvalue weighted by Gasteiger charge is -2.31. The third-order valence-electron chi connectivity index (χ3n) is 5.47. The van der Waals surface area contributed by atoms with Crippen LogP contribution in [0.3, 0.4) is 0 Å². The SMILES string of the molecule is CCCNC(=O)[C@@H](Cc1ccccc1)N(Cc1ccc(F)cc1)C(=O)CSCc1cccc(Cl)c1. The van der Waals surface area contributed by atoms with Crippen LogP contribution in [0.15, 0.2) is 78.9 Å². The molecule has 1 atom stereocenters. The van der Waals surface area contributed by atoms with Crippen LogP contribution in [-0.4, -0.2) is 35.1 Å². The summed E-state index contributed by atoms with van der Waals surface area (Å²) in [7, 11) is 0. The first-order valence-corrected chi connectivity index (χ1v) is 13.2. The van der Waals surface area contributed by atoms with Crippen molar-refractivity contribution in [2.45, 2.75) is 38.1 Å². The predicted molar refractivity (Wildman–Crippen MR) is 142 cm³/mol. The summed E-state index contributed by atoms with van der Waals surface area (Å²) in [5.41, 5.74) is 2.76. The Labute approximate surface area is 215 Å². The molecule has 0 spiro atoms. The summed E-state index contributed by atoms with van der Waals surface area (Å²) in [6.45, 7) is 2.74. The number of nitrogens with one attached hydrogen (secondary N) is 1. The van der Waals surface area contributed by atoms with Crippen LogP contribution < -0.4 is 5.32 Å². The van der Waals surface area contributed by atoms with Gasteiger partial charge >= 0.3 is 0 Å². The molecule has 1 N–H and O–H groups in total. The van der Waals surface area contributed by atoms with E-state index in [-0.39, 0.29) is 29.9 Å². The van der Waals surface area contributed by atoms with E-state index in [1.54, 1.807) is 17.0 Å². The van der Waals surface area contributed by atoms with Gasteiger partial charge in [0.2, 0.25) is 11.8 Å². The third kappa shape index (κ3) is 8.71. The number of hydrogen-bond donors (Lipinski definition) is 1. The Hall–Kier alpha value is -2.83. The van der Waals surface area contributed by atoms with Gasteiger partial charge in [0.25, 0.3) is 0 Å². The highest BCUT2D eigenvalue weighted by Crippen LogP contribution is 2.20. The van der Waals surface area contributed by atoms with E-state index in [1.165, 1.54) is 23.9 Å². The average molecular weight is 513 g/mol. The predicted octanol–water partition coefficient (Wildman–Crippen LogP) is 5.88. The zero-order valence-electron chi connectivity index (χ0n) is 19.8. The second-order valence-corrected chi connectivity index (χ2v) is 9.69. The Kier molecular flexibility index (Phi) is 10.6. The topological polar surface area (TPSA) is 49.4 Å². The van der Waals surface area contributed by atoms with Crippen molar-refractivity contribution in [2.24, 2.45) is 0 Å². The van der Waals surface area contributed by atoms with Gasteiger partial charge < -0.3 is 10.2 Å². The Morgan fingerprint density at radius 3 is 2.37 bits per heavy atom. The zero-order chi connectivity index (χ0) is 25.0. The third-order valence-corrected chi connectivity index (χ3v) is 6.69. The summed E-state index contributed by atoms with van der Waals surface area (Å²) in [5, 5.41) is 3.61.